The summed E-state index contributed by atoms with van der Waals surface area (Å²) in [7, 11) is 0. The number of rotatable bonds is 0. The standard InChI is InChI=1S/C5H4O/c1-2-4-3-5(4)6/h1,3H2. The van der Waals surface area contributed by atoms with Crippen molar-refractivity contribution in [3.05, 3.63) is 17.9 Å². The molecule has 0 saturated heterocycles. The molecule has 1 nitrogen and oxygen atoms in total. The van der Waals surface area contributed by atoms with E-state index < -0.39 is 0 Å². The van der Waals surface area contributed by atoms with Gasteiger partial charge < -0.3 is 0 Å². The number of carbonyl (C=O) groups is 1. The molecule has 0 heterocycles. The van der Waals surface area contributed by atoms with Crippen LogP contribution in [-0.2, 0) is 4.79 Å². The van der Waals surface area contributed by atoms with Gasteiger partial charge in [-0.2, -0.15) is 0 Å². The lowest BCUT2D eigenvalue weighted by atomic mass is 10.6. The van der Waals surface area contributed by atoms with Crippen LogP contribution in [0.1, 0.15) is 6.42 Å². The van der Waals surface area contributed by atoms with E-state index in [0.717, 1.165) is 5.57 Å². The van der Waals surface area contributed by atoms with Crippen LogP contribution in [0.4, 0.5) is 0 Å². The van der Waals surface area contributed by atoms with Crippen molar-refractivity contribution in [3.63, 3.8) is 0 Å². The van der Waals surface area contributed by atoms with Gasteiger partial charge in [-0.05, 0) is 0 Å². The van der Waals surface area contributed by atoms with Gasteiger partial charge in [0, 0.05) is 12.0 Å². The molecular weight excluding hydrogens is 76.1 g/mol. The molecule has 0 aromatic rings. The summed E-state index contributed by atoms with van der Waals surface area (Å²) in [6.45, 7) is 3.29. The smallest absolute Gasteiger partial charge is 0.172 e. The molecule has 0 N–H and O–H groups in total. The molecule has 1 aliphatic rings. The van der Waals surface area contributed by atoms with Gasteiger partial charge in [-0.15, -0.1) is 5.73 Å². The Kier molecular flexibility index (Phi) is 0.465. The summed E-state index contributed by atoms with van der Waals surface area (Å²) in [6.07, 6.45) is 0.601. The van der Waals surface area contributed by atoms with E-state index in [4.69, 9.17) is 0 Å². The Balaban J connectivity index is 2.93. The zero-order valence-corrected chi connectivity index (χ0v) is 3.32. The van der Waals surface area contributed by atoms with Crippen LogP contribution in [0.2, 0.25) is 0 Å². The lowest BCUT2D eigenvalue weighted by Crippen LogP contribution is -1.49. The van der Waals surface area contributed by atoms with Gasteiger partial charge in [0.2, 0.25) is 0 Å². The van der Waals surface area contributed by atoms with Gasteiger partial charge in [-0.1, -0.05) is 6.58 Å². The largest absolute Gasteiger partial charge is 0.293 e. The molecule has 1 rings (SSSR count). The van der Waals surface area contributed by atoms with Gasteiger partial charge in [-0.25, -0.2) is 0 Å². The first kappa shape index (κ1) is 3.38. The van der Waals surface area contributed by atoms with E-state index in [1.807, 2.05) is 0 Å². The zero-order chi connectivity index (χ0) is 4.57. The Morgan fingerprint density at radius 1 is 1.83 bits per heavy atom. The summed E-state index contributed by atoms with van der Waals surface area (Å²) in [4.78, 5) is 9.98. The third-order valence-corrected chi connectivity index (χ3v) is 0.762. The van der Waals surface area contributed by atoms with Gasteiger partial charge in [0.25, 0.3) is 0 Å². The Bertz CT molecular complexity index is 138. The lowest BCUT2D eigenvalue weighted by molar-refractivity contribution is -0.108. The van der Waals surface area contributed by atoms with Gasteiger partial charge in [0.1, 0.15) is 0 Å². The molecule has 1 aliphatic carbocycles. The average molecular weight is 80.1 g/mol. The molecule has 1 saturated carbocycles. The van der Waals surface area contributed by atoms with Crippen molar-refractivity contribution in [2.24, 2.45) is 0 Å². The fraction of sp³-hybridized carbons (Fsp3) is 0.200. The predicted octanol–water partition coefficient (Wildman–Crippen LogP) is 0.670. The van der Waals surface area contributed by atoms with E-state index in [-0.39, 0.29) is 5.78 Å². The molecule has 0 aliphatic heterocycles. The first-order valence-corrected chi connectivity index (χ1v) is 1.76. The SMILES string of the molecule is C=C=C1CC1=O. The molecule has 0 aromatic heterocycles. The topological polar surface area (TPSA) is 17.1 Å². The molecule has 30 valence electrons. The van der Waals surface area contributed by atoms with Crippen LogP contribution in [0.25, 0.3) is 0 Å². The summed E-state index contributed by atoms with van der Waals surface area (Å²) in [5.41, 5.74) is 3.27. The van der Waals surface area contributed by atoms with Crippen molar-refractivity contribution >= 4 is 5.78 Å². The van der Waals surface area contributed by atoms with E-state index >= 15 is 0 Å². The molecule has 1 heteroatoms. The minimum absolute atomic E-state index is 0.199. The summed E-state index contributed by atoms with van der Waals surface area (Å²) < 4.78 is 0. The highest BCUT2D eigenvalue weighted by molar-refractivity contribution is 6.13. The number of carbonyl (C=O) groups excluding carboxylic acids is 1. The van der Waals surface area contributed by atoms with Gasteiger partial charge in [0.15, 0.2) is 5.78 Å². The van der Waals surface area contributed by atoms with Crippen LogP contribution in [-0.4, -0.2) is 5.78 Å². The van der Waals surface area contributed by atoms with Crippen LogP contribution in [0.3, 0.4) is 0 Å². The fourth-order valence-corrected chi connectivity index (χ4v) is 0.277. The minimum Gasteiger partial charge on any atom is -0.293 e. The maximum Gasteiger partial charge on any atom is 0.172 e. The summed E-state index contributed by atoms with van der Waals surface area (Å²) in [6, 6.07) is 0. The van der Waals surface area contributed by atoms with Crippen molar-refractivity contribution in [3.8, 4) is 0 Å². The first-order chi connectivity index (χ1) is 2.84. The summed E-state index contributed by atoms with van der Waals surface area (Å²) >= 11 is 0. The Labute approximate surface area is 36.0 Å². The van der Waals surface area contributed by atoms with Crippen molar-refractivity contribution < 1.29 is 4.79 Å². The quantitative estimate of drug-likeness (QED) is 0.309. The van der Waals surface area contributed by atoms with E-state index in [0.29, 0.717) is 6.42 Å². The number of hydrogen-bond donors (Lipinski definition) is 0. The number of allylic oxidation sites excluding steroid dienone is 1. The molecule has 0 radical (unpaired) electrons. The molecule has 0 amide bonds. The van der Waals surface area contributed by atoms with Crippen molar-refractivity contribution in [2.75, 3.05) is 0 Å². The number of ketones is 1. The van der Waals surface area contributed by atoms with Gasteiger partial charge in [-0.3, -0.25) is 4.79 Å². The van der Waals surface area contributed by atoms with E-state index in [1.54, 1.807) is 0 Å². The monoisotopic (exact) mass is 80.0 g/mol. The Hall–Kier alpha value is -0.810. The highest BCUT2D eigenvalue weighted by atomic mass is 16.1. The summed E-state index contributed by atoms with van der Waals surface area (Å²) in [5, 5.41) is 0. The van der Waals surface area contributed by atoms with Gasteiger partial charge >= 0.3 is 0 Å². The Morgan fingerprint density at radius 2 is 2.33 bits per heavy atom. The summed E-state index contributed by atoms with van der Waals surface area (Å²) in [5.74, 6) is 0.199. The van der Waals surface area contributed by atoms with E-state index in [1.165, 1.54) is 0 Å². The van der Waals surface area contributed by atoms with Crippen LogP contribution in [0.5, 0.6) is 0 Å². The fourth-order valence-electron chi connectivity index (χ4n) is 0.277. The predicted molar refractivity (Wildman–Crippen MR) is 22.3 cm³/mol. The molecule has 0 aromatic carbocycles. The zero-order valence-electron chi connectivity index (χ0n) is 3.32. The molecule has 0 unspecified atom stereocenters. The van der Waals surface area contributed by atoms with Crippen molar-refractivity contribution in [1.82, 2.24) is 0 Å². The van der Waals surface area contributed by atoms with Crippen molar-refractivity contribution in [1.29, 1.82) is 0 Å². The molecule has 6 heavy (non-hydrogen) atoms. The molecule has 0 atom stereocenters. The average Bonchev–Trinajstić information content (AvgIpc) is 2.19. The normalized spacial score (nSPS) is 17.3. The number of Topliss-reactive ketones (excluding diaryl/α,β-unsaturated/α-hetero) is 1. The van der Waals surface area contributed by atoms with Crippen LogP contribution in [0.15, 0.2) is 17.9 Å². The third-order valence-electron chi connectivity index (χ3n) is 0.762. The second kappa shape index (κ2) is 0.825. The molecule has 0 bridgehead atoms. The molecule has 0 spiro atoms. The molecular formula is C5H4O. The number of hydrogen-bond acceptors (Lipinski definition) is 1. The minimum atomic E-state index is 0.199. The Morgan fingerprint density at radius 3 is 2.33 bits per heavy atom. The van der Waals surface area contributed by atoms with Crippen molar-refractivity contribution in [2.45, 2.75) is 6.42 Å². The second-order valence-corrected chi connectivity index (χ2v) is 1.26. The second-order valence-electron chi connectivity index (χ2n) is 1.26. The molecule has 1 fully saturated rings. The van der Waals surface area contributed by atoms with Crippen LogP contribution >= 0.6 is 0 Å². The lowest BCUT2D eigenvalue weighted by Gasteiger charge is -1.41. The van der Waals surface area contributed by atoms with E-state index in [2.05, 4.69) is 12.3 Å². The van der Waals surface area contributed by atoms with E-state index in [9.17, 15) is 4.79 Å². The maximum atomic E-state index is 9.98. The first-order valence-electron chi connectivity index (χ1n) is 1.76. The van der Waals surface area contributed by atoms with Crippen LogP contribution < -0.4 is 0 Å². The third kappa shape index (κ3) is 0.296. The maximum absolute atomic E-state index is 9.98. The highest BCUT2D eigenvalue weighted by Crippen LogP contribution is 2.19. The highest BCUT2D eigenvalue weighted by Gasteiger charge is 2.24. The van der Waals surface area contributed by atoms with Gasteiger partial charge in [0.05, 0.1) is 0 Å². The van der Waals surface area contributed by atoms with Crippen LogP contribution in [0, 0.1) is 0 Å².